The van der Waals surface area contributed by atoms with Crippen molar-refractivity contribution in [3.05, 3.63) is 12.2 Å². The van der Waals surface area contributed by atoms with Gasteiger partial charge in [0.2, 0.25) is 5.91 Å². The maximum Gasteiger partial charge on any atom is 0.249 e. The minimum Gasteiger partial charge on any atom is -0.394 e. The third-order valence-corrected chi connectivity index (χ3v) is 12.0. The molecule has 1 saturated heterocycles. The molecule has 0 aromatic rings. The first-order valence-corrected chi connectivity index (χ1v) is 23.9. The number of carbonyl (C=O) groups is 1. The van der Waals surface area contributed by atoms with E-state index < -0.39 is 61.5 Å². The van der Waals surface area contributed by atoms with Gasteiger partial charge >= 0.3 is 0 Å². The maximum atomic E-state index is 13.0. The average molecular weight is 814 g/mol. The van der Waals surface area contributed by atoms with Gasteiger partial charge in [0.25, 0.3) is 0 Å². The molecule has 9 atom stereocenters. The van der Waals surface area contributed by atoms with Gasteiger partial charge in [-0.3, -0.25) is 4.79 Å². The van der Waals surface area contributed by atoms with Gasteiger partial charge in [0.05, 0.1) is 25.4 Å². The van der Waals surface area contributed by atoms with Crippen molar-refractivity contribution in [3.8, 4) is 0 Å². The fraction of sp³-hybridized carbons (Fsp3) is 0.936. The molecule has 338 valence electrons. The van der Waals surface area contributed by atoms with Crippen LogP contribution < -0.4 is 5.32 Å². The molecule has 0 aliphatic carbocycles. The molecule has 0 aromatic heterocycles. The summed E-state index contributed by atoms with van der Waals surface area (Å²) < 4.78 is 11.1. The lowest BCUT2D eigenvalue weighted by Gasteiger charge is -2.40. The molecule has 7 N–H and O–H groups in total. The molecule has 9 unspecified atom stereocenters. The number of hydrogen-bond donors (Lipinski definition) is 7. The summed E-state index contributed by atoms with van der Waals surface area (Å²) in [4.78, 5) is 13.0. The van der Waals surface area contributed by atoms with E-state index in [9.17, 15) is 35.4 Å². The van der Waals surface area contributed by atoms with Gasteiger partial charge in [-0.2, -0.15) is 0 Å². The summed E-state index contributed by atoms with van der Waals surface area (Å²) >= 11 is 0. The first kappa shape index (κ1) is 53.9. The molecule has 1 aliphatic rings. The topological polar surface area (TPSA) is 169 Å². The SMILES string of the molecule is CCCCCCCCCCCCCCCCCCCCCCC(O)C(=O)NC(COC1OC(CO)C(O)C(O)C1O)C(O)C=CCCCCCCCCC(C)CC. The summed E-state index contributed by atoms with van der Waals surface area (Å²) in [5, 5.41) is 64.6. The Kier molecular flexibility index (Phi) is 34.7. The van der Waals surface area contributed by atoms with Crippen molar-refractivity contribution in [1.29, 1.82) is 0 Å². The predicted molar refractivity (Wildman–Crippen MR) is 232 cm³/mol. The molecule has 0 saturated carbocycles. The molecule has 1 fully saturated rings. The number of hydrogen-bond acceptors (Lipinski definition) is 9. The van der Waals surface area contributed by atoms with Crippen LogP contribution in [0.1, 0.15) is 213 Å². The minimum absolute atomic E-state index is 0.303. The second kappa shape index (κ2) is 36.7. The predicted octanol–water partition coefficient (Wildman–Crippen LogP) is 8.94. The van der Waals surface area contributed by atoms with E-state index in [4.69, 9.17) is 9.47 Å². The molecular formula is C47H91NO9. The van der Waals surface area contributed by atoms with E-state index in [2.05, 4.69) is 26.1 Å². The molecule has 57 heavy (non-hydrogen) atoms. The van der Waals surface area contributed by atoms with Crippen LogP contribution in [0.25, 0.3) is 0 Å². The summed E-state index contributed by atoms with van der Waals surface area (Å²) in [6, 6.07) is -0.976. The van der Waals surface area contributed by atoms with E-state index in [-0.39, 0.29) is 6.61 Å². The van der Waals surface area contributed by atoms with Crippen LogP contribution in [0, 0.1) is 5.92 Å². The fourth-order valence-corrected chi connectivity index (χ4v) is 7.67. The van der Waals surface area contributed by atoms with Gasteiger partial charge in [0, 0.05) is 0 Å². The number of nitrogens with one attached hydrogen (secondary N) is 1. The Labute approximate surface area is 349 Å². The van der Waals surface area contributed by atoms with E-state index in [1.165, 1.54) is 141 Å². The highest BCUT2D eigenvalue weighted by Crippen LogP contribution is 2.23. The first-order valence-electron chi connectivity index (χ1n) is 23.9. The molecule has 10 heteroatoms. The zero-order chi connectivity index (χ0) is 41.9. The van der Waals surface area contributed by atoms with Crippen LogP contribution in [0.2, 0.25) is 0 Å². The highest BCUT2D eigenvalue weighted by molar-refractivity contribution is 5.80. The average Bonchev–Trinajstić information content (AvgIpc) is 3.21. The Bertz CT molecular complexity index is 937. The Hall–Kier alpha value is -1.11. The Morgan fingerprint density at radius 1 is 0.649 bits per heavy atom. The third kappa shape index (κ3) is 27.4. The van der Waals surface area contributed by atoms with Crippen LogP contribution in [0.3, 0.4) is 0 Å². The lowest BCUT2D eigenvalue weighted by Crippen LogP contribution is -2.60. The molecule has 0 bridgehead atoms. The third-order valence-electron chi connectivity index (χ3n) is 12.0. The molecule has 0 spiro atoms. The molecule has 10 nitrogen and oxygen atoms in total. The standard InChI is InChI=1S/C47H91NO9/c1-4-6-7-8-9-10-11-12-13-14-15-16-17-18-19-20-21-26-29-32-35-41(51)46(55)48-39(37-56-47-45(54)44(53)43(52)42(36-49)57-47)40(50)34-31-28-25-23-22-24-27-30-33-38(3)5-2/h31,34,38-45,47,49-54H,4-30,32-33,35-37H2,1-3H3,(H,48,55). The first-order chi connectivity index (χ1) is 27.7. The van der Waals surface area contributed by atoms with E-state index in [1.54, 1.807) is 6.08 Å². The number of aliphatic hydroxyl groups is 6. The smallest absolute Gasteiger partial charge is 0.249 e. The molecule has 1 aliphatic heterocycles. The van der Waals surface area contributed by atoms with E-state index in [0.717, 1.165) is 50.9 Å². The van der Waals surface area contributed by atoms with Crippen molar-refractivity contribution < 1.29 is 44.9 Å². The Balaban J connectivity index is 2.35. The van der Waals surface area contributed by atoms with Crippen LogP contribution in [0.5, 0.6) is 0 Å². The molecule has 1 amide bonds. The second-order valence-corrected chi connectivity index (χ2v) is 17.3. The number of carbonyl (C=O) groups excluding carboxylic acids is 1. The molecule has 1 heterocycles. The van der Waals surface area contributed by atoms with Crippen LogP contribution in [0.15, 0.2) is 12.2 Å². The number of allylic oxidation sites excluding steroid dienone is 1. The van der Waals surface area contributed by atoms with Gasteiger partial charge in [-0.15, -0.1) is 0 Å². The summed E-state index contributed by atoms with van der Waals surface area (Å²) in [6.07, 6.45) is 30.2. The van der Waals surface area contributed by atoms with Crippen LogP contribution >= 0.6 is 0 Å². The number of ether oxygens (including phenoxy) is 2. The van der Waals surface area contributed by atoms with Crippen LogP contribution in [0.4, 0.5) is 0 Å². The zero-order valence-corrected chi connectivity index (χ0v) is 36.9. The number of unbranched alkanes of at least 4 members (excludes halogenated alkanes) is 25. The van der Waals surface area contributed by atoms with Gasteiger partial charge in [-0.25, -0.2) is 0 Å². The zero-order valence-electron chi connectivity index (χ0n) is 36.9. The van der Waals surface area contributed by atoms with Crippen molar-refractivity contribution in [1.82, 2.24) is 5.32 Å². The molecular weight excluding hydrogens is 723 g/mol. The van der Waals surface area contributed by atoms with Gasteiger partial charge in [-0.05, 0) is 25.2 Å². The van der Waals surface area contributed by atoms with Crippen LogP contribution in [-0.2, 0) is 14.3 Å². The normalized spacial score (nSPS) is 22.2. The Morgan fingerprint density at radius 2 is 1.11 bits per heavy atom. The lowest BCUT2D eigenvalue weighted by molar-refractivity contribution is -0.302. The number of aliphatic hydroxyl groups excluding tert-OH is 6. The number of amides is 1. The van der Waals surface area contributed by atoms with Gasteiger partial charge in [0.15, 0.2) is 6.29 Å². The largest absolute Gasteiger partial charge is 0.394 e. The van der Waals surface area contributed by atoms with Gasteiger partial charge < -0.3 is 45.4 Å². The van der Waals surface area contributed by atoms with Crippen molar-refractivity contribution in [2.45, 2.75) is 262 Å². The monoisotopic (exact) mass is 814 g/mol. The number of rotatable bonds is 39. The van der Waals surface area contributed by atoms with Gasteiger partial charge in [0.1, 0.15) is 30.5 Å². The van der Waals surface area contributed by atoms with Crippen molar-refractivity contribution in [2.24, 2.45) is 5.92 Å². The fourth-order valence-electron chi connectivity index (χ4n) is 7.67. The molecule has 1 rings (SSSR count). The highest BCUT2D eigenvalue weighted by atomic mass is 16.7. The summed E-state index contributed by atoms with van der Waals surface area (Å²) in [6.45, 7) is 5.93. The van der Waals surface area contributed by atoms with Crippen molar-refractivity contribution >= 4 is 5.91 Å². The van der Waals surface area contributed by atoms with Crippen LogP contribution in [-0.4, -0.2) is 98.7 Å². The summed E-state index contributed by atoms with van der Waals surface area (Å²) in [5.74, 6) is 0.185. The van der Waals surface area contributed by atoms with E-state index >= 15 is 0 Å². The quantitative estimate of drug-likeness (QED) is 0.0237. The molecule has 0 aromatic carbocycles. The van der Waals surface area contributed by atoms with Crippen molar-refractivity contribution in [3.63, 3.8) is 0 Å². The summed E-state index contributed by atoms with van der Waals surface area (Å²) in [7, 11) is 0. The maximum absolute atomic E-state index is 13.0. The Morgan fingerprint density at radius 3 is 1.58 bits per heavy atom. The highest BCUT2D eigenvalue weighted by Gasteiger charge is 2.44. The second-order valence-electron chi connectivity index (χ2n) is 17.3. The lowest BCUT2D eigenvalue weighted by atomic mass is 9.99. The molecule has 0 radical (unpaired) electrons. The minimum atomic E-state index is -1.61. The summed E-state index contributed by atoms with van der Waals surface area (Å²) in [5.41, 5.74) is 0. The van der Waals surface area contributed by atoms with E-state index in [1.807, 2.05) is 6.08 Å². The van der Waals surface area contributed by atoms with Gasteiger partial charge in [-0.1, -0.05) is 206 Å². The van der Waals surface area contributed by atoms with Crippen molar-refractivity contribution in [2.75, 3.05) is 13.2 Å². The van der Waals surface area contributed by atoms with E-state index in [0.29, 0.717) is 6.42 Å².